The van der Waals surface area contributed by atoms with Crippen LogP contribution in [0.3, 0.4) is 0 Å². The molecule has 2 heterocycles. The third-order valence-electron chi connectivity index (χ3n) is 10.6. The van der Waals surface area contributed by atoms with E-state index in [1.165, 1.54) is 11.6 Å². The first-order chi connectivity index (χ1) is 23.9. The number of pyridine rings is 1. The number of aliphatic hydroxyl groups excluding tert-OH is 1. The van der Waals surface area contributed by atoms with Crippen molar-refractivity contribution in [2.45, 2.75) is 125 Å². The van der Waals surface area contributed by atoms with E-state index in [1.807, 2.05) is 71.2 Å². The summed E-state index contributed by atoms with van der Waals surface area (Å²) in [7, 11) is 0. The number of thioether (sulfide) groups is 1. The summed E-state index contributed by atoms with van der Waals surface area (Å²) >= 11 is 1.61. The Balaban J connectivity index is 0.000000444. The fourth-order valence-corrected chi connectivity index (χ4v) is 6.91. The van der Waals surface area contributed by atoms with Crippen LogP contribution in [0.1, 0.15) is 119 Å². The Kier molecular flexibility index (Phi) is 16.3. The number of rotatable bonds is 13. The molecule has 0 spiro atoms. The van der Waals surface area contributed by atoms with E-state index in [-0.39, 0.29) is 53.6 Å². The molecule has 0 bridgehead atoms. The number of aromatic hydroxyl groups is 1. The number of carbonyl (C=O) groups excluding carboxylic acids is 1. The standard InChI is InChI=1S/C30H32NO2S.C15H28O2.Ir/c1-8-34-26-14-11-20(17-22(26)30(5,6)7)29-21(10-9-15-31-29)28-23(32)12-13-24-27(28)19(4)25(33-24)16-18(2)3;1-7-14(5,8-2)12(16)11-13(17)15(6,9-3)10-4;/h8-10,12-15,17-18,32H,1,16H2,2-7H3;11,16H,7-10H2,1-6H3;/q-1;;/b;12-11-;. The number of nitrogens with zero attached hydrogens (tertiary/aromatic N) is 1. The molecular formula is C45H60IrNO4S-. The molecule has 0 aliphatic rings. The fraction of sp³-hybridized carbons (Fsp3) is 0.467. The summed E-state index contributed by atoms with van der Waals surface area (Å²) in [6, 6.07) is 15.1. The molecule has 0 saturated carbocycles. The number of phenolic OH excluding ortho intramolecular Hbond substituents is 1. The number of allylic oxidation sites excluding steroid dienone is 2. The quantitative estimate of drug-likeness (QED) is 0.0602. The normalized spacial score (nSPS) is 12.4. The predicted octanol–water partition coefficient (Wildman–Crippen LogP) is 13.4. The first-order valence-electron chi connectivity index (χ1n) is 18.4. The van der Waals surface area contributed by atoms with Crippen molar-refractivity contribution >= 4 is 28.5 Å². The van der Waals surface area contributed by atoms with Crippen LogP contribution in [0, 0.1) is 29.7 Å². The average Bonchev–Trinajstić information content (AvgIpc) is 3.41. The van der Waals surface area contributed by atoms with E-state index in [9.17, 15) is 15.0 Å². The number of fused-ring (bicyclic) bond motifs is 1. The van der Waals surface area contributed by atoms with Gasteiger partial charge in [0.15, 0.2) is 5.78 Å². The largest absolute Gasteiger partial charge is 0.512 e. The first kappa shape index (κ1) is 45.0. The molecule has 0 unspecified atom stereocenters. The molecule has 2 aromatic heterocycles. The summed E-state index contributed by atoms with van der Waals surface area (Å²) in [4.78, 5) is 18.1. The minimum Gasteiger partial charge on any atom is -0.512 e. The van der Waals surface area contributed by atoms with E-state index in [4.69, 9.17) is 9.40 Å². The Morgan fingerprint density at radius 2 is 1.63 bits per heavy atom. The smallest absolute Gasteiger partial charge is 0.164 e. The van der Waals surface area contributed by atoms with Gasteiger partial charge in [0, 0.05) is 60.6 Å². The Bertz CT molecular complexity index is 1860. The monoisotopic (exact) mass is 903 g/mol. The van der Waals surface area contributed by atoms with Crippen LogP contribution in [-0.4, -0.2) is 21.0 Å². The van der Waals surface area contributed by atoms with Crippen molar-refractivity contribution in [3.63, 3.8) is 0 Å². The number of carbonyl (C=O) groups is 1. The van der Waals surface area contributed by atoms with Gasteiger partial charge < -0.3 is 19.6 Å². The maximum Gasteiger partial charge on any atom is 0.164 e. The summed E-state index contributed by atoms with van der Waals surface area (Å²) in [5.41, 5.74) is 5.72. The Morgan fingerprint density at radius 1 is 1.02 bits per heavy atom. The van der Waals surface area contributed by atoms with Gasteiger partial charge in [0.05, 0.1) is 0 Å². The number of benzene rings is 2. The van der Waals surface area contributed by atoms with Crippen molar-refractivity contribution in [2.75, 3.05) is 0 Å². The van der Waals surface area contributed by atoms with Crippen molar-refractivity contribution in [3.8, 4) is 28.1 Å². The molecule has 5 nitrogen and oxygen atoms in total. The zero-order chi connectivity index (χ0) is 38.3. The second-order valence-corrected chi connectivity index (χ2v) is 16.6. The van der Waals surface area contributed by atoms with E-state index in [1.54, 1.807) is 24.0 Å². The topological polar surface area (TPSA) is 83.6 Å². The van der Waals surface area contributed by atoms with E-state index in [0.717, 1.165) is 81.7 Å². The number of phenols is 1. The molecule has 0 aliphatic heterocycles. The third-order valence-corrected chi connectivity index (χ3v) is 11.4. The van der Waals surface area contributed by atoms with Gasteiger partial charge in [0.2, 0.25) is 0 Å². The van der Waals surface area contributed by atoms with Gasteiger partial charge in [0.25, 0.3) is 0 Å². The number of aryl methyl sites for hydroxylation is 1. The number of aromatic nitrogens is 1. The van der Waals surface area contributed by atoms with Gasteiger partial charge in [0.1, 0.15) is 22.9 Å². The molecule has 1 radical (unpaired) electrons. The zero-order valence-electron chi connectivity index (χ0n) is 33.4. The van der Waals surface area contributed by atoms with Crippen LogP contribution >= 0.6 is 11.8 Å². The molecule has 4 aromatic rings. The van der Waals surface area contributed by atoms with Gasteiger partial charge in [-0.1, -0.05) is 93.7 Å². The molecule has 285 valence electrons. The van der Waals surface area contributed by atoms with Crippen LogP contribution in [0.5, 0.6) is 5.75 Å². The van der Waals surface area contributed by atoms with Gasteiger partial charge in [-0.15, -0.1) is 29.3 Å². The molecule has 0 saturated heterocycles. The third kappa shape index (κ3) is 10.1. The van der Waals surface area contributed by atoms with Gasteiger partial charge >= 0.3 is 0 Å². The van der Waals surface area contributed by atoms with Crippen LogP contribution in [0.2, 0.25) is 0 Å². The molecule has 0 atom stereocenters. The number of ketones is 1. The number of hydrogen-bond acceptors (Lipinski definition) is 6. The van der Waals surface area contributed by atoms with E-state index in [2.05, 4.69) is 60.3 Å². The molecular weight excluding hydrogens is 843 g/mol. The van der Waals surface area contributed by atoms with Crippen molar-refractivity contribution < 1.29 is 39.5 Å². The summed E-state index contributed by atoms with van der Waals surface area (Å²) in [5, 5.41) is 24.0. The minimum absolute atomic E-state index is 0. The van der Waals surface area contributed by atoms with Crippen LogP contribution in [0.15, 0.2) is 75.7 Å². The minimum atomic E-state index is -0.337. The van der Waals surface area contributed by atoms with E-state index >= 15 is 0 Å². The van der Waals surface area contributed by atoms with Crippen molar-refractivity contribution in [3.05, 3.63) is 89.4 Å². The molecule has 0 amide bonds. The summed E-state index contributed by atoms with van der Waals surface area (Å²) < 4.78 is 6.23. The van der Waals surface area contributed by atoms with Gasteiger partial charge in [-0.3, -0.25) is 4.79 Å². The number of hydrogen-bond donors (Lipinski definition) is 2. The molecule has 7 heteroatoms. The van der Waals surface area contributed by atoms with Gasteiger partial charge in [-0.25, -0.2) is 0 Å². The van der Waals surface area contributed by atoms with Gasteiger partial charge in [-0.05, 0) is 84.4 Å². The molecule has 0 aliphatic carbocycles. The molecule has 0 fully saturated rings. The van der Waals surface area contributed by atoms with Gasteiger partial charge in [-0.2, -0.15) is 11.8 Å². The fourth-order valence-electron chi connectivity index (χ4n) is 6.11. The summed E-state index contributed by atoms with van der Waals surface area (Å²) in [6.45, 7) is 29.0. The van der Waals surface area contributed by atoms with Crippen LogP contribution in [0.25, 0.3) is 33.4 Å². The van der Waals surface area contributed by atoms with Crippen LogP contribution in [0.4, 0.5) is 0 Å². The van der Waals surface area contributed by atoms with E-state index in [0.29, 0.717) is 5.92 Å². The maximum absolute atomic E-state index is 12.2. The Labute approximate surface area is 331 Å². The summed E-state index contributed by atoms with van der Waals surface area (Å²) in [5.74, 6) is 1.95. The van der Waals surface area contributed by atoms with Crippen LogP contribution < -0.4 is 0 Å². The maximum atomic E-state index is 12.2. The zero-order valence-corrected chi connectivity index (χ0v) is 36.6. The average molecular weight is 903 g/mol. The number of aliphatic hydroxyl groups is 1. The Hall–Kier alpha value is -3.12. The number of furan rings is 1. The second-order valence-electron chi connectivity index (χ2n) is 15.6. The molecule has 4 rings (SSSR count). The summed E-state index contributed by atoms with van der Waals surface area (Å²) in [6.07, 6.45) is 7.40. The Morgan fingerprint density at radius 3 is 2.17 bits per heavy atom. The predicted molar refractivity (Wildman–Crippen MR) is 217 cm³/mol. The van der Waals surface area contributed by atoms with Crippen LogP contribution in [-0.2, 0) is 36.7 Å². The van der Waals surface area contributed by atoms with E-state index < -0.39 is 0 Å². The molecule has 2 N–H and O–H groups in total. The van der Waals surface area contributed by atoms with Crippen molar-refractivity contribution in [1.29, 1.82) is 0 Å². The molecule has 2 aromatic carbocycles. The van der Waals surface area contributed by atoms with Crippen molar-refractivity contribution in [1.82, 2.24) is 4.98 Å². The van der Waals surface area contributed by atoms with Crippen molar-refractivity contribution in [2.24, 2.45) is 16.7 Å². The first-order valence-corrected chi connectivity index (χ1v) is 19.3. The molecule has 52 heavy (non-hydrogen) atoms. The second kappa shape index (κ2) is 18.8. The SMILES string of the molecule is C=CSc1c[c-]c(-c2ncccc2-c2c(O)ccc3oc(CC(C)C)c(C)c23)cc1C(C)(C)C.CCC(C)(CC)C(=O)/C=C(\O)C(C)(CC)CC.[Ir].